The molecular formula is C11H16N6. The highest BCUT2D eigenvalue weighted by atomic mass is 15.3. The van der Waals surface area contributed by atoms with E-state index in [4.69, 9.17) is 0 Å². The Morgan fingerprint density at radius 1 is 1.29 bits per heavy atom. The van der Waals surface area contributed by atoms with Gasteiger partial charge in [-0.3, -0.25) is 4.68 Å². The molecule has 2 heterocycles. The number of nitrogens with zero attached hydrogens (tertiary/aromatic N) is 4. The predicted molar refractivity (Wildman–Crippen MR) is 67.5 cm³/mol. The minimum Gasteiger partial charge on any atom is -0.357 e. The van der Waals surface area contributed by atoms with Crippen LogP contribution in [0.4, 0.5) is 17.5 Å². The molecule has 0 aliphatic rings. The van der Waals surface area contributed by atoms with Gasteiger partial charge in [0.15, 0.2) is 0 Å². The molecule has 0 saturated heterocycles. The second-order valence-electron chi connectivity index (χ2n) is 3.90. The summed E-state index contributed by atoms with van der Waals surface area (Å²) in [6, 6.07) is 0. The molecule has 0 fully saturated rings. The van der Waals surface area contributed by atoms with E-state index in [-0.39, 0.29) is 0 Å². The number of aromatic nitrogens is 4. The molecule has 17 heavy (non-hydrogen) atoms. The summed E-state index contributed by atoms with van der Waals surface area (Å²) in [4.78, 5) is 8.51. The molecular weight excluding hydrogens is 216 g/mol. The molecule has 2 N–H and O–H groups in total. The number of hydrogen-bond acceptors (Lipinski definition) is 5. The summed E-state index contributed by atoms with van der Waals surface area (Å²) in [5.41, 5.74) is 2.89. The molecule has 2 aromatic rings. The van der Waals surface area contributed by atoms with Crippen LogP contribution >= 0.6 is 0 Å². The molecule has 2 aromatic heterocycles. The van der Waals surface area contributed by atoms with Crippen molar-refractivity contribution in [3.05, 3.63) is 23.7 Å². The molecule has 6 nitrogen and oxygen atoms in total. The van der Waals surface area contributed by atoms with Gasteiger partial charge in [0.1, 0.15) is 5.82 Å². The highest BCUT2D eigenvalue weighted by Crippen LogP contribution is 2.20. The SMILES string of the molecule is CNc1ncc(C)c(Nc2cn(C)nc2C)n1. The lowest BCUT2D eigenvalue weighted by molar-refractivity contribution is 0.756. The van der Waals surface area contributed by atoms with Gasteiger partial charge >= 0.3 is 0 Å². The van der Waals surface area contributed by atoms with Crippen LogP contribution < -0.4 is 10.6 Å². The van der Waals surface area contributed by atoms with Gasteiger partial charge < -0.3 is 10.6 Å². The molecule has 6 heteroatoms. The average molecular weight is 232 g/mol. The van der Waals surface area contributed by atoms with Crippen molar-refractivity contribution in [3.8, 4) is 0 Å². The lowest BCUT2D eigenvalue weighted by Gasteiger charge is -2.08. The smallest absolute Gasteiger partial charge is 0.224 e. The van der Waals surface area contributed by atoms with Crippen LogP contribution in [-0.2, 0) is 7.05 Å². The van der Waals surface area contributed by atoms with Crippen LogP contribution in [0.15, 0.2) is 12.4 Å². The van der Waals surface area contributed by atoms with Crippen molar-refractivity contribution in [3.63, 3.8) is 0 Å². The van der Waals surface area contributed by atoms with Crippen molar-refractivity contribution in [2.24, 2.45) is 7.05 Å². The van der Waals surface area contributed by atoms with Crippen LogP contribution in [0.25, 0.3) is 0 Å². The molecule has 0 aliphatic carbocycles. The number of nitrogens with one attached hydrogen (secondary N) is 2. The zero-order valence-electron chi connectivity index (χ0n) is 10.4. The Labute approximate surface area is 100 Å². The third kappa shape index (κ3) is 2.35. The van der Waals surface area contributed by atoms with Crippen molar-refractivity contribution in [2.75, 3.05) is 17.7 Å². The van der Waals surface area contributed by atoms with E-state index in [9.17, 15) is 0 Å². The van der Waals surface area contributed by atoms with Crippen molar-refractivity contribution in [1.82, 2.24) is 19.7 Å². The quantitative estimate of drug-likeness (QED) is 0.841. The van der Waals surface area contributed by atoms with Gasteiger partial charge in [-0.25, -0.2) is 4.98 Å². The van der Waals surface area contributed by atoms with Crippen molar-refractivity contribution >= 4 is 17.5 Å². The van der Waals surface area contributed by atoms with Gasteiger partial charge in [0.05, 0.1) is 11.4 Å². The van der Waals surface area contributed by atoms with E-state index in [1.807, 2.05) is 27.1 Å². The standard InChI is InChI=1S/C11H16N6/c1-7-5-13-11(12-3)15-10(7)14-9-6-17(4)16-8(9)2/h5-6H,1-4H3,(H2,12,13,14,15). The molecule has 0 aromatic carbocycles. The first-order valence-corrected chi connectivity index (χ1v) is 5.39. The van der Waals surface area contributed by atoms with E-state index in [2.05, 4.69) is 25.7 Å². The van der Waals surface area contributed by atoms with E-state index in [0.717, 1.165) is 22.8 Å². The van der Waals surface area contributed by atoms with Crippen LogP contribution in [0, 0.1) is 13.8 Å². The summed E-state index contributed by atoms with van der Waals surface area (Å²) < 4.78 is 1.77. The van der Waals surface area contributed by atoms with E-state index in [0.29, 0.717) is 5.95 Å². The fourth-order valence-electron chi connectivity index (χ4n) is 1.54. The average Bonchev–Trinajstić information content (AvgIpc) is 2.60. The summed E-state index contributed by atoms with van der Waals surface area (Å²) in [6.07, 6.45) is 3.71. The fraction of sp³-hybridized carbons (Fsp3) is 0.364. The second kappa shape index (κ2) is 4.40. The van der Waals surface area contributed by atoms with Gasteiger partial charge in [-0.1, -0.05) is 0 Å². The number of aryl methyl sites for hydroxylation is 3. The molecule has 0 amide bonds. The molecule has 0 bridgehead atoms. The minimum absolute atomic E-state index is 0.597. The summed E-state index contributed by atoms with van der Waals surface area (Å²) in [5, 5.41) is 10.5. The Kier molecular flexibility index (Phi) is 2.95. The van der Waals surface area contributed by atoms with Gasteiger partial charge in [0.2, 0.25) is 5.95 Å². The molecule has 90 valence electrons. The van der Waals surface area contributed by atoms with Crippen LogP contribution in [0.1, 0.15) is 11.3 Å². The molecule has 0 unspecified atom stereocenters. The van der Waals surface area contributed by atoms with Gasteiger partial charge in [-0.15, -0.1) is 0 Å². The molecule has 0 saturated carbocycles. The third-order valence-electron chi connectivity index (χ3n) is 2.46. The van der Waals surface area contributed by atoms with Crippen LogP contribution in [0.3, 0.4) is 0 Å². The molecule has 0 aliphatic heterocycles. The number of rotatable bonds is 3. The Bertz CT molecular complexity index is 531. The van der Waals surface area contributed by atoms with E-state index in [1.165, 1.54) is 0 Å². The van der Waals surface area contributed by atoms with Crippen LogP contribution in [-0.4, -0.2) is 26.8 Å². The maximum absolute atomic E-state index is 4.37. The van der Waals surface area contributed by atoms with E-state index < -0.39 is 0 Å². The molecule has 0 spiro atoms. The van der Waals surface area contributed by atoms with Gasteiger partial charge in [-0.05, 0) is 13.8 Å². The van der Waals surface area contributed by atoms with Crippen molar-refractivity contribution in [1.29, 1.82) is 0 Å². The first-order valence-electron chi connectivity index (χ1n) is 5.39. The van der Waals surface area contributed by atoms with Gasteiger partial charge in [0, 0.05) is 32.1 Å². The largest absolute Gasteiger partial charge is 0.357 e. The van der Waals surface area contributed by atoms with E-state index >= 15 is 0 Å². The highest BCUT2D eigenvalue weighted by molar-refractivity contribution is 5.61. The predicted octanol–water partition coefficient (Wildman–Crippen LogP) is 1.61. The zero-order chi connectivity index (χ0) is 12.4. The van der Waals surface area contributed by atoms with Gasteiger partial charge in [-0.2, -0.15) is 10.1 Å². The monoisotopic (exact) mass is 232 g/mol. The normalized spacial score (nSPS) is 10.4. The van der Waals surface area contributed by atoms with Crippen LogP contribution in [0.5, 0.6) is 0 Å². The second-order valence-corrected chi connectivity index (χ2v) is 3.90. The first kappa shape index (κ1) is 11.4. The Morgan fingerprint density at radius 2 is 2.06 bits per heavy atom. The first-order chi connectivity index (χ1) is 8.10. The topological polar surface area (TPSA) is 67.7 Å². The lowest BCUT2D eigenvalue weighted by atomic mass is 10.3. The minimum atomic E-state index is 0.597. The maximum Gasteiger partial charge on any atom is 0.224 e. The van der Waals surface area contributed by atoms with Crippen molar-refractivity contribution < 1.29 is 0 Å². The molecule has 0 atom stereocenters. The maximum atomic E-state index is 4.37. The molecule has 2 rings (SSSR count). The summed E-state index contributed by atoms with van der Waals surface area (Å²) in [7, 11) is 3.69. The summed E-state index contributed by atoms with van der Waals surface area (Å²) in [6.45, 7) is 3.92. The Balaban J connectivity index is 2.32. The number of anilines is 3. The Hall–Kier alpha value is -2.11. The lowest BCUT2D eigenvalue weighted by Crippen LogP contribution is -2.02. The summed E-state index contributed by atoms with van der Waals surface area (Å²) in [5.74, 6) is 1.39. The third-order valence-corrected chi connectivity index (χ3v) is 2.46. The van der Waals surface area contributed by atoms with Crippen molar-refractivity contribution in [2.45, 2.75) is 13.8 Å². The van der Waals surface area contributed by atoms with Crippen LogP contribution in [0.2, 0.25) is 0 Å². The summed E-state index contributed by atoms with van der Waals surface area (Å²) >= 11 is 0. The highest BCUT2D eigenvalue weighted by Gasteiger charge is 2.07. The van der Waals surface area contributed by atoms with Gasteiger partial charge in [0.25, 0.3) is 0 Å². The Morgan fingerprint density at radius 3 is 2.65 bits per heavy atom. The van der Waals surface area contributed by atoms with E-state index in [1.54, 1.807) is 17.9 Å². The zero-order valence-corrected chi connectivity index (χ0v) is 10.4. The molecule has 0 radical (unpaired) electrons. The number of hydrogen-bond donors (Lipinski definition) is 2. The fourth-order valence-corrected chi connectivity index (χ4v) is 1.54.